The molecule has 100 valence electrons. The number of benzene rings is 1. The van der Waals surface area contributed by atoms with Crippen molar-refractivity contribution in [2.45, 2.75) is 26.3 Å². The summed E-state index contributed by atoms with van der Waals surface area (Å²) in [6, 6.07) is 9.85. The Morgan fingerprint density at radius 2 is 2.05 bits per heavy atom. The number of halogens is 1. The molecular weight excluding hydrogens is 304 g/mol. The minimum Gasteiger partial charge on any atom is -0.384 e. The highest BCUT2D eigenvalue weighted by Crippen LogP contribution is 2.17. The molecule has 0 spiro atoms. The van der Waals surface area contributed by atoms with E-state index in [4.69, 9.17) is 5.73 Å². The van der Waals surface area contributed by atoms with E-state index in [-0.39, 0.29) is 0 Å². The zero-order valence-electron chi connectivity index (χ0n) is 10.9. The summed E-state index contributed by atoms with van der Waals surface area (Å²) in [5, 5.41) is 3.28. The summed E-state index contributed by atoms with van der Waals surface area (Å²) >= 11 is 3.53. The predicted octanol–water partition coefficient (Wildman–Crippen LogP) is 3.39. The topological polar surface area (TPSA) is 63.8 Å². The van der Waals surface area contributed by atoms with Gasteiger partial charge in [-0.05, 0) is 18.1 Å². The molecule has 4 nitrogen and oxygen atoms in total. The minimum atomic E-state index is 0.507. The molecule has 3 N–H and O–H groups in total. The van der Waals surface area contributed by atoms with Crippen LogP contribution in [0.4, 0.5) is 11.6 Å². The van der Waals surface area contributed by atoms with Gasteiger partial charge in [-0.15, -0.1) is 0 Å². The molecule has 1 aromatic heterocycles. The lowest BCUT2D eigenvalue weighted by atomic mass is 10.2. The van der Waals surface area contributed by atoms with Crippen molar-refractivity contribution in [3.05, 3.63) is 46.2 Å². The van der Waals surface area contributed by atoms with Crippen molar-refractivity contribution in [1.29, 1.82) is 0 Å². The molecule has 19 heavy (non-hydrogen) atoms. The first-order valence-corrected chi connectivity index (χ1v) is 7.09. The van der Waals surface area contributed by atoms with Gasteiger partial charge in [-0.3, -0.25) is 0 Å². The molecule has 0 saturated heterocycles. The molecule has 0 saturated carbocycles. The van der Waals surface area contributed by atoms with Gasteiger partial charge in [0.25, 0.3) is 0 Å². The Morgan fingerprint density at radius 3 is 2.79 bits per heavy atom. The van der Waals surface area contributed by atoms with E-state index in [0.29, 0.717) is 12.4 Å². The van der Waals surface area contributed by atoms with Crippen LogP contribution in [0.3, 0.4) is 0 Å². The Kier molecular flexibility index (Phi) is 4.74. The summed E-state index contributed by atoms with van der Waals surface area (Å²) in [5.41, 5.74) is 6.97. The number of aryl methyl sites for hydroxylation is 1. The fourth-order valence-corrected chi connectivity index (χ4v) is 2.20. The van der Waals surface area contributed by atoms with Crippen LogP contribution in [-0.4, -0.2) is 9.97 Å². The average Bonchev–Trinajstić information content (AvgIpc) is 2.37. The van der Waals surface area contributed by atoms with Gasteiger partial charge in [0.05, 0.1) is 0 Å². The number of hydrogen-bond donors (Lipinski definition) is 2. The van der Waals surface area contributed by atoms with Crippen LogP contribution in [0.25, 0.3) is 0 Å². The first-order valence-electron chi connectivity index (χ1n) is 6.29. The molecule has 5 heteroatoms. The summed E-state index contributed by atoms with van der Waals surface area (Å²) in [6.45, 7) is 2.80. The standard InChI is InChI=1S/C14H17BrN4/c1-2-5-13-18-12(16)8-14(19-13)17-9-10-6-3-4-7-11(10)15/h3-4,6-8H,2,5,9H2,1H3,(H3,16,17,18,19). The molecule has 0 aliphatic carbocycles. The second kappa shape index (κ2) is 6.52. The molecule has 0 bridgehead atoms. The third-order valence-corrected chi connectivity index (χ3v) is 3.46. The second-order valence-electron chi connectivity index (χ2n) is 4.29. The zero-order valence-corrected chi connectivity index (χ0v) is 12.4. The van der Waals surface area contributed by atoms with E-state index in [1.807, 2.05) is 18.2 Å². The van der Waals surface area contributed by atoms with E-state index in [1.165, 1.54) is 5.56 Å². The van der Waals surface area contributed by atoms with Crippen LogP contribution in [0.15, 0.2) is 34.8 Å². The van der Waals surface area contributed by atoms with E-state index in [0.717, 1.165) is 29.0 Å². The van der Waals surface area contributed by atoms with Gasteiger partial charge in [0.1, 0.15) is 17.5 Å². The monoisotopic (exact) mass is 320 g/mol. The van der Waals surface area contributed by atoms with Crippen LogP contribution in [0, 0.1) is 0 Å². The molecule has 2 rings (SSSR count). The van der Waals surface area contributed by atoms with E-state index in [1.54, 1.807) is 6.07 Å². The summed E-state index contributed by atoms with van der Waals surface area (Å²) < 4.78 is 1.08. The lowest BCUT2D eigenvalue weighted by Gasteiger charge is -2.09. The fraction of sp³-hybridized carbons (Fsp3) is 0.286. The molecular formula is C14H17BrN4. The van der Waals surface area contributed by atoms with Crippen LogP contribution >= 0.6 is 15.9 Å². The number of nitrogens with two attached hydrogens (primary N) is 1. The summed E-state index contributed by atoms with van der Waals surface area (Å²) in [7, 11) is 0. The predicted molar refractivity (Wildman–Crippen MR) is 81.9 cm³/mol. The van der Waals surface area contributed by atoms with Crippen molar-refractivity contribution < 1.29 is 0 Å². The molecule has 0 fully saturated rings. The molecule has 0 aliphatic heterocycles. The number of nitrogen functional groups attached to an aromatic ring is 1. The molecule has 0 atom stereocenters. The van der Waals surface area contributed by atoms with Gasteiger partial charge in [-0.1, -0.05) is 41.1 Å². The lowest BCUT2D eigenvalue weighted by Crippen LogP contribution is -2.06. The molecule has 0 amide bonds. The third-order valence-electron chi connectivity index (χ3n) is 2.68. The molecule has 1 aromatic carbocycles. The normalized spacial score (nSPS) is 10.4. The highest BCUT2D eigenvalue weighted by atomic mass is 79.9. The molecule has 1 heterocycles. The maximum absolute atomic E-state index is 5.79. The van der Waals surface area contributed by atoms with Crippen LogP contribution < -0.4 is 11.1 Å². The van der Waals surface area contributed by atoms with Gasteiger partial charge in [-0.25, -0.2) is 9.97 Å². The third kappa shape index (κ3) is 3.92. The van der Waals surface area contributed by atoms with Crippen LogP contribution in [0.2, 0.25) is 0 Å². The van der Waals surface area contributed by atoms with E-state index < -0.39 is 0 Å². The maximum Gasteiger partial charge on any atom is 0.133 e. The van der Waals surface area contributed by atoms with Crippen molar-refractivity contribution in [2.75, 3.05) is 11.1 Å². The summed E-state index contributed by atoms with van der Waals surface area (Å²) in [4.78, 5) is 8.66. The first kappa shape index (κ1) is 13.8. The van der Waals surface area contributed by atoms with Crippen molar-refractivity contribution in [3.63, 3.8) is 0 Å². The van der Waals surface area contributed by atoms with Gasteiger partial charge in [0.2, 0.25) is 0 Å². The number of nitrogens with zero attached hydrogens (tertiary/aromatic N) is 2. The van der Waals surface area contributed by atoms with Gasteiger partial charge in [0.15, 0.2) is 0 Å². The van der Waals surface area contributed by atoms with E-state index in [9.17, 15) is 0 Å². The smallest absolute Gasteiger partial charge is 0.133 e. The Balaban J connectivity index is 2.09. The van der Waals surface area contributed by atoms with Crippen molar-refractivity contribution in [3.8, 4) is 0 Å². The number of hydrogen-bond acceptors (Lipinski definition) is 4. The minimum absolute atomic E-state index is 0.507. The maximum atomic E-state index is 5.79. The second-order valence-corrected chi connectivity index (χ2v) is 5.14. The number of aromatic nitrogens is 2. The van der Waals surface area contributed by atoms with Gasteiger partial charge >= 0.3 is 0 Å². The quantitative estimate of drug-likeness (QED) is 0.886. The number of nitrogens with one attached hydrogen (secondary N) is 1. The lowest BCUT2D eigenvalue weighted by molar-refractivity contribution is 0.836. The number of anilines is 2. The average molecular weight is 321 g/mol. The van der Waals surface area contributed by atoms with Gasteiger partial charge in [-0.2, -0.15) is 0 Å². The molecule has 0 unspecified atom stereocenters. The Hall–Kier alpha value is -1.62. The van der Waals surface area contributed by atoms with Gasteiger partial charge in [0, 0.05) is 23.5 Å². The van der Waals surface area contributed by atoms with Crippen molar-refractivity contribution in [2.24, 2.45) is 0 Å². The first-order chi connectivity index (χ1) is 9.19. The van der Waals surface area contributed by atoms with Gasteiger partial charge < -0.3 is 11.1 Å². The van der Waals surface area contributed by atoms with Crippen LogP contribution in [0.5, 0.6) is 0 Å². The fourth-order valence-electron chi connectivity index (χ4n) is 1.77. The van der Waals surface area contributed by atoms with E-state index >= 15 is 0 Å². The van der Waals surface area contributed by atoms with Crippen molar-refractivity contribution in [1.82, 2.24) is 9.97 Å². The highest BCUT2D eigenvalue weighted by Gasteiger charge is 2.03. The molecule has 2 aromatic rings. The number of rotatable bonds is 5. The largest absolute Gasteiger partial charge is 0.384 e. The zero-order chi connectivity index (χ0) is 13.7. The SMILES string of the molecule is CCCc1nc(N)cc(NCc2ccccc2Br)n1. The summed E-state index contributed by atoms with van der Waals surface area (Å²) in [6.07, 6.45) is 1.85. The highest BCUT2D eigenvalue weighted by molar-refractivity contribution is 9.10. The molecule has 0 radical (unpaired) electrons. The van der Waals surface area contributed by atoms with E-state index in [2.05, 4.69) is 44.2 Å². The molecule has 0 aliphatic rings. The van der Waals surface area contributed by atoms with Crippen LogP contribution in [-0.2, 0) is 13.0 Å². The summed E-state index contributed by atoms with van der Waals surface area (Å²) in [5.74, 6) is 2.07. The van der Waals surface area contributed by atoms with Crippen LogP contribution in [0.1, 0.15) is 24.7 Å². The Bertz CT molecular complexity index is 557. The van der Waals surface area contributed by atoms with Crippen molar-refractivity contribution >= 4 is 27.6 Å². The Labute approximate surface area is 121 Å². The Morgan fingerprint density at radius 1 is 1.26 bits per heavy atom.